The predicted octanol–water partition coefficient (Wildman–Crippen LogP) is 2.14. The molecule has 0 bridgehead atoms. The highest BCUT2D eigenvalue weighted by atomic mass is 16.5. The van der Waals surface area contributed by atoms with E-state index in [0.717, 1.165) is 38.2 Å². The van der Waals surface area contributed by atoms with Gasteiger partial charge in [-0.05, 0) is 38.8 Å². The molecule has 0 aliphatic carbocycles. The summed E-state index contributed by atoms with van der Waals surface area (Å²) in [6.07, 6.45) is 3.82. The van der Waals surface area contributed by atoms with Gasteiger partial charge in [-0.2, -0.15) is 4.98 Å². The molecule has 0 saturated carbocycles. The Morgan fingerprint density at radius 3 is 2.56 bits per heavy atom. The molecule has 1 fully saturated rings. The van der Waals surface area contributed by atoms with Crippen molar-refractivity contribution in [1.29, 1.82) is 0 Å². The summed E-state index contributed by atoms with van der Waals surface area (Å²) in [6.45, 7) is 11.4. The Labute approximate surface area is 148 Å². The van der Waals surface area contributed by atoms with Gasteiger partial charge < -0.3 is 4.52 Å². The van der Waals surface area contributed by atoms with Crippen LogP contribution < -0.4 is 5.56 Å². The third-order valence-corrected chi connectivity index (χ3v) is 4.74. The van der Waals surface area contributed by atoms with Crippen molar-refractivity contribution in [2.45, 2.75) is 59.0 Å². The number of nitrogens with zero attached hydrogens (tertiary/aromatic N) is 5. The number of likely N-dealkylation sites (tertiary alicyclic amines) is 1. The second-order valence-electron chi connectivity index (χ2n) is 7.97. The van der Waals surface area contributed by atoms with Crippen molar-refractivity contribution in [3.8, 4) is 0 Å². The Balaban J connectivity index is 1.54. The molecule has 1 aliphatic heterocycles. The molecule has 1 saturated heterocycles. The fraction of sp³-hybridized carbons (Fsp3) is 0.667. The summed E-state index contributed by atoms with van der Waals surface area (Å²) in [6, 6.07) is 1.67. The lowest BCUT2D eigenvalue weighted by molar-refractivity contribution is 0.150. The van der Waals surface area contributed by atoms with Gasteiger partial charge in [0.2, 0.25) is 5.89 Å². The summed E-state index contributed by atoms with van der Waals surface area (Å²) in [4.78, 5) is 23.4. The van der Waals surface area contributed by atoms with Crippen LogP contribution in [-0.2, 0) is 18.5 Å². The number of aromatic nitrogens is 4. The van der Waals surface area contributed by atoms with Gasteiger partial charge in [0.05, 0.1) is 18.6 Å². The highest BCUT2D eigenvalue weighted by Gasteiger charge is 2.22. The van der Waals surface area contributed by atoms with E-state index < -0.39 is 0 Å². The summed E-state index contributed by atoms with van der Waals surface area (Å²) in [5, 5.41) is 3.83. The predicted molar refractivity (Wildman–Crippen MR) is 94.2 cm³/mol. The third kappa shape index (κ3) is 4.54. The van der Waals surface area contributed by atoms with Crippen molar-refractivity contribution in [2.75, 3.05) is 13.1 Å². The molecule has 0 aromatic carbocycles. The van der Waals surface area contributed by atoms with E-state index in [2.05, 4.69) is 40.8 Å². The lowest BCUT2D eigenvalue weighted by Gasteiger charge is -2.31. The van der Waals surface area contributed by atoms with Crippen molar-refractivity contribution in [3.63, 3.8) is 0 Å². The molecule has 136 valence electrons. The quantitative estimate of drug-likeness (QED) is 0.845. The van der Waals surface area contributed by atoms with Crippen LogP contribution in [0.2, 0.25) is 0 Å². The Morgan fingerprint density at radius 1 is 1.28 bits per heavy atom. The SMILES string of the molecule is Cc1noc(CN2CCC(Cn3cnc(C(C)(C)C)cc3=O)CC2)n1. The average molecular weight is 345 g/mol. The van der Waals surface area contributed by atoms with Crippen molar-refractivity contribution in [2.24, 2.45) is 5.92 Å². The van der Waals surface area contributed by atoms with Gasteiger partial charge in [-0.1, -0.05) is 25.9 Å². The summed E-state index contributed by atoms with van der Waals surface area (Å²) < 4.78 is 6.93. The molecule has 0 unspecified atom stereocenters. The van der Waals surface area contributed by atoms with Gasteiger partial charge in [0.1, 0.15) is 0 Å². The minimum Gasteiger partial charge on any atom is -0.338 e. The van der Waals surface area contributed by atoms with Crippen LogP contribution >= 0.6 is 0 Å². The van der Waals surface area contributed by atoms with Crippen LogP contribution in [-0.4, -0.2) is 37.7 Å². The summed E-state index contributed by atoms with van der Waals surface area (Å²) in [7, 11) is 0. The highest BCUT2D eigenvalue weighted by Crippen LogP contribution is 2.21. The van der Waals surface area contributed by atoms with E-state index in [1.54, 1.807) is 17.0 Å². The standard InChI is InChI=1S/C18H27N5O2/c1-13-20-16(25-21-13)11-22-7-5-14(6-8-22)10-23-12-19-15(9-17(23)24)18(2,3)4/h9,12,14H,5-8,10-11H2,1-4H3. The van der Waals surface area contributed by atoms with Gasteiger partial charge >= 0.3 is 0 Å². The Kier molecular flexibility index (Phi) is 5.03. The number of hydrogen-bond acceptors (Lipinski definition) is 6. The van der Waals surface area contributed by atoms with Gasteiger partial charge in [0, 0.05) is 18.0 Å². The number of rotatable bonds is 4. The number of piperidine rings is 1. The fourth-order valence-electron chi connectivity index (χ4n) is 3.17. The van der Waals surface area contributed by atoms with Gasteiger partial charge in [0.25, 0.3) is 5.56 Å². The molecule has 2 aromatic rings. The molecule has 2 aromatic heterocycles. The molecule has 0 N–H and O–H groups in total. The lowest BCUT2D eigenvalue weighted by Crippen LogP contribution is -2.36. The topological polar surface area (TPSA) is 77.0 Å². The van der Waals surface area contributed by atoms with E-state index in [0.29, 0.717) is 24.2 Å². The number of aryl methyl sites for hydroxylation is 1. The van der Waals surface area contributed by atoms with E-state index >= 15 is 0 Å². The minimum atomic E-state index is -0.101. The van der Waals surface area contributed by atoms with Gasteiger partial charge in [-0.15, -0.1) is 0 Å². The van der Waals surface area contributed by atoms with E-state index in [1.165, 1.54) is 0 Å². The molecule has 1 aliphatic rings. The Morgan fingerprint density at radius 2 is 2.00 bits per heavy atom. The Hall–Kier alpha value is -2.02. The number of hydrogen-bond donors (Lipinski definition) is 0. The zero-order valence-electron chi connectivity index (χ0n) is 15.5. The van der Waals surface area contributed by atoms with Crippen molar-refractivity contribution < 1.29 is 4.52 Å². The van der Waals surface area contributed by atoms with Crippen molar-refractivity contribution in [1.82, 2.24) is 24.6 Å². The maximum atomic E-state index is 12.4. The first-order valence-corrected chi connectivity index (χ1v) is 8.90. The molecule has 25 heavy (non-hydrogen) atoms. The third-order valence-electron chi connectivity index (χ3n) is 4.74. The van der Waals surface area contributed by atoms with Crippen molar-refractivity contribution in [3.05, 3.63) is 40.2 Å². The van der Waals surface area contributed by atoms with Gasteiger partial charge in [0.15, 0.2) is 5.82 Å². The molecule has 0 radical (unpaired) electrons. The second kappa shape index (κ2) is 7.07. The average Bonchev–Trinajstić information content (AvgIpc) is 2.95. The van der Waals surface area contributed by atoms with E-state index in [9.17, 15) is 4.79 Å². The summed E-state index contributed by atoms with van der Waals surface area (Å²) in [5.74, 6) is 1.85. The molecule has 7 heteroatoms. The molecule has 0 spiro atoms. The van der Waals surface area contributed by atoms with E-state index in [1.807, 2.05) is 6.92 Å². The molecule has 0 amide bonds. The van der Waals surface area contributed by atoms with Crippen LogP contribution in [0, 0.1) is 12.8 Å². The van der Waals surface area contributed by atoms with Gasteiger partial charge in [-0.25, -0.2) is 4.98 Å². The minimum absolute atomic E-state index is 0.0451. The molecule has 7 nitrogen and oxygen atoms in total. The first kappa shape index (κ1) is 17.8. The molecular weight excluding hydrogens is 318 g/mol. The van der Waals surface area contributed by atoms with Crippen LogP contribution in [0.3, 0.4) is 0 Å². The van der Waals surface area contributed by atoms with Crippen LogP contribution in [0.25, 0.3) is 0 Å². The summed E-state index contributed by atoms with van der Waals surface area (Å²) in [5.41, 5.74) is 0.790. The zero-order valence-corrected chi connectivity index (χ0v) is 15.5. The fourth-order valence-corrected chi connectivity index (χ4v) is 3.17. The van der Waals surface area contributed by atoms with Crippen LogP contribution in [0.4, 0.5) is 0 Å². The van der Waals surface area contributed by atoms with E-state index in [-0.39, 0.29) is 11.0 Å². The monoisotopic (exact) mass is 345 g/mol. The maximum absolute atomic E-state index is 12.4. The van der Waals surface area contributed by atoms with Crippen LogP contribution in [0.15, 0.2) is 21.7 Å². The Bertz CT molecular complexity index is 766. The van der Waals surface area contributed by atoms with Crippen molar-refractivity contribution >= 4 is 0 Å². The first-order chi connectivity index (χ1) is 11.8. The largest absolute Gasteiger partial charge is 0.338 e. The van der Waals surface area contributed by atoms with Crippen LogP contribution in [0.5, 0.6) is 0 Å². The first-order valence-electron chi connectivity index (χ1n) is 8.90. The summed E-state index contributed by atoms with van der Waals surface area (Å²) >= 11 is 0. The molecule has 0 atom stereocenters. The molecule has 3 rings (SSSR count). The van der Waals surface area contributed by atoms with Crippen LogP contribution in [0.1, 0.15) is 51.0 Å². The smallest absolute Gasteiger partial charge is 0.253 e. The van der Waals surface area contributed by atoms with E-state index in [4.69, 9.17) is 4.52 Å². The normalized spacial score (nSPS) is 17.1. The maximum Gasteiger partial charge on any atom is 0.253 e. The zero-order chi connectivity index (χ0) is 18.0. The second-order valence-corrected chi connectivity index (χ2v) is 7.97. The molecular formula is C18H27N5O2. The lowest BCUT2D eigenvalue weighted by atomic mass is 9.92. The molecule has 3 heterocycles. The van der Waals surface area contributed by atoms with Gasteiger partial charge in [-0.3, -0.25) is 14.3 Å². The highest BCUT2D eigenvalue weighted by molar-refractivity contribution is 5.10.